The maximum Gasteiger partial charge on any atom is 0.245 e. The third-order valence-corrected chi connectivity index (χ3v) is 9.59. The van der Waals surface area contributed by atoms with Crippen LogP contribution in [0.2, 0.25) is 5.02 Å². The zero-order valence-corrected chi connectivity index (χ0v) is 25.3. The van der Waals surface area contributed by atoms with Gasteiger partial charge >= 0.3 is 0 Å². The molecule has 3 atom stereocenters. The molecule has 0 N–H and O–H groups in total. The van der Waals surface area contributed by atoms with Gasteiger partial charge in [-0.15, -0.1) is 0 Å². The Bertz CT molecular complexity index is 1300. The zero-order valence-electron chi connectivity index (χ0n) is 22.2. The molecule has 8 heteroatoms. The fourth-order valence-electron chi connectivity index (χ4n) is 4.84. The summed E-state index contributed by atoms with van der Waals surface area (Å²) in [5.74, 6) is -0.407. The van der Waals surface area contributed by atoms with Crippen molar-refractivity contribution in [2.24, 2.45) is 17.3 Å². The Morgan fingerprint density at radius 2 is 1.65 bits per heavy atom. The summed E-state index contributed by atoms with van der Waals surface area (Å²) in [4.78, 5) is 26.3. The topological polar surface area (TPSA) is 71.5 Å². The standard InChI is InChI=1S/C29H35BrClNO4S/c1-18(2)15-21(19(3)33)16-25(34)23-17-27(29(4,5)6)32(28(23)20-11-13-22(30)14-12-20)37(35,36)26-10-8-7-9-24(26)31/h7-14,17-18,21,27-28H,15-16H2,1-6H3/t21-,27+,28+/m1/s1. The maximum atomic E-state index is 14.2. The Labute approximate surface area is 234 Å². The molecule has 0 bridgehead atoms. The van der Waals surface area contributed by atoms with Crippen molar-refractivity contribution >= 4 is 49.1 Å². The second-order valence-electron chi connectivity index (χ2n) is 11.2. The monoisotopic (exact) mass is 607 g/mol. The van der Waals surface area contributed by atoms with Gasteiger partial charge in [0.05, 0.1) is 11.1 Å². The molecule has 5 nitrogen and oxygen atoms in total. The number of halogens is 2. The number of hydrogen-bond acceptors (Lipinski definition) is 4. The molecule has 0 unspecified atom stereocenters. The lowest BCUT2D eigenvalue weighted by atomic mass is 9.85. The minimum Gasteiger partial charge on any atom is -0.300 e. The van der Waals surface area contributed by atoms with Crippen LogP contribution in [0.3, 0.4) is 0 Å². The number of ketones is 2. The summed E-state index contributed by atoms with van der Waals surface area (Å²) in [7, 11) is -4.12. The highest BCUT2D eigenvalue weighted by Crippen LogP contribution is 2.47. The predicted octanol–water partition coefficient (Wildman–Crippen LogP) is 7.40. The van der Waals surface area contributed by atoms with Crippen molar-refractivity contribution in [3.63, 3.8) is 0 Å². The van der Waals surface area contributed by atoms with Gasteiger partial charge in [-0.3, -0.25) is 9.59 Å². The van der Waals surface area contributed by atoms with E-state index in [1.807, 2.05) is 58.9 Å². The average Bonchev–Trinajstić information content (AvgIpc) is 3.21. The number of benzene rings is 2. The molecule has 0 amide bonds. The molecule has 0 saturated carbocycles. The third kappa shape index (κ3) is 6.62. The van der Waals surface area contributed by atoms with Gasteiger partial charge in [-0.2, -0.15) is 4.31 Å². The van der Waals surface area contributed by atoms with Gasteiger partial charge in [-0.1, -0.05) is 92.5 Å². The number of sulfonamides is 1. The van der Waals surface area contributed by atoms with Gasteiger partial charge in [0.25, 0.3) is 0 Å². The Morgan fingerprint density at radius 1 is 1.05 bits per heavy atom. The van der Waals surface area contributed by atoms with Crippen LogP contribution in [0.4, 0.5) is 0 Å². The van der Waals surface area contributed by atoms with E-state index in [9.17, 15) is 18.0 Å². The van der Waals surface area contributed by atoms with Crippen molar-refractivity contribution in [2.45, 2.75) is 71.4 Å². The van der Waals surface area contributed by atoms with Gasteiger partial charge < -0.3 is 0 Å². The van der Waals surface area contributed by atoms with E-state index in [1.54, 1.807) is 24.3 Å². The molecule has 0 radical (unpaired) electrons. The fourth-order valence-corrected chi connectivity index (χ4v) is 7.51. The molecule has 1 aliphatic rings. The van der Waals surface area contributed by atoms with Crippen LogP contribution in [-0.2, 0) is 19.6 Å². The summed E-state index contributed by atoms with van der Waals surface area (Å²) < 4.78 is 30.7. The van der Waals surface area contributed by atoms with E-state index in [2.05, 4.69) is 15.9 Å². The second-order valence-corrected chi connectivity index (χ2v) is 14.4. The first-order valence-electron chi connectivity index (χ1n) is 12.4. The van der Waals surface area contributed by atoms with Crippen molar-refractivity contribution in [3.8, 4) is 0 Å². The van der Waals surface area contributed by atoms with E-state index >= 15 is 0 Å². The number of nitrogens with zero attached hydrogens (tertiary/aromatic N) is 1. The molecule has 1 heterocycles. The van der Waals surface area contributed by atoms with Crippen molar-refractivity contribution < 1.29 is 18.0 Å². The van der Waals surface area contributed by atoms with E-state index in [4.69, 9.17) is 11.6 Å². The van der Waals surface area contributed by atoms with Crippen molar-refractivity contribution in [3.05, 3.63) is 75.2 Å². The summed E-state index contributed by atoms with van der Waals surface area (Å²) in [6.45, 7) is 11.4. The van der Waals surface area contributed by atoms with E-state index < -0.39 is 33.4 Å². The molecule has 1 aliphatic heterocycles. The minimum absolute atomic E-state index is 0.00320. The Hall–Kier alpha value is -1.80. The maximum absolute atomic E-state index is 14.2. The van der Waals surface area contributed by atoms with Crippen molar-refractivity contribution in [1.29, 1.82) is 0 Å². The summed E-state index contributed by atoms with van der Waals surface area (Å²) in [5.41, 5.74) is 0.545. The highest BCUT2D eigenvalue weighted by Gasteiger charge is 2.49. The number of carbonyl (C=O) groups is 2. The van der Waals surface area contributed by atoms with E-state index in [1.165, 1.54) is 17.3 Å². The van der Waals surface area contributed by atoms with E-state index in [0.717, 1.165) is 4.47 Å². The first-order chi connectivity index (χ1) is 17.1. The molecule has 0 fully saturated rings. The molecule has 0 aliphatic carbocycles. The molecule has 200 valence electrons. The van der Waals surface area contributed by atoms with E-state index in [-0.39, 0.29) is 33.8 Å². The number of hydrogen-bond donors (Lipinski definition) is 0. The highest BCUT2D eigenvalue weighted by atomic mass is 79.9. The van der Waals surface area contributed by atoms with Gasteiger partial charge in [0.1, 0.15) is 10.7 Å². The average molecular weight is 609 g/mol. The van der Waals surface area contributed by atoms with Crippen LogP contribution in [0, 0.1) is 17.3 Å². The first-order valence-corrected chi connectivity index (χ1v) is 15.0. The largest absolute Gasteiger partial charge is 0.300 e. The van der Waals surface area contributed by atoms with Crippen molar-refractivity contribution in [2.75, 3.05) is 0 Å². The van der Waals surface area contributed by atoms with Crippen LogP contribution in [0.15, 0.2) is 69.5 Å². The Balaban J connectivity index is 2.20. The van der Waals surface area contributed by atoms with Crippen LogP contribution in [0.25, 0.3) is 0 Å². The number of carbonyl (C=O) groups excluding carboxylic acids is 2. The lowest BCUT2D eigenvalue weighted by Gasteiger charge is -2.37. The molecule has 0 aromatic heterocycles. The van der Waals surface area contributed by atoms with Crippen LogP contribution in [-0.4, -0.2) is 30.3 Å². The van der Waals surface area contributed by atoms with Crippen LogP contribution < -0.4 is 0 Å². The molecule has 3 rings (SSSR count). The van der Waals surface area contributed by atoms with Crippen LogP contribution in [0.1, 0.15) is 66.0 Å². The zero-order chi connectivity index (χ0) is 27.7. The number of rotatable bonds is 9. The minimum atomic E-state index is -4.12. The molecule has 2 aromatic rings. The second kappa shape index (κ2) is 11.5. The van der Waals surface area contributed by atoms with E-state index in [0.29, 0.717) is 17.6 Å². The Kier molecular flexibility index (Phi) is 9.26. The quantitative estimate of drug-likeness (QED) is 0.297. The molecular formula is C29H35BrClNO4S. The third-order valence-electron chi connectivity index (χ3n) is 6.71. The molecule has 37 heavy (non-hydrogen) atoms. The molecular weight excluding hydrogens is 574 g/mol. The normalized spacial score (nSPS) is 19.6. The van der Waals surface area contributed by atoms with Gasteiger partial charge in [0, 0.05) is 28.4 Å². The summed E-state index contributed by atoms with van der Waals surface area (Å²) in [5, 5.41) is 0.123. The predicted molar refractivity (Wildman–Crippen MR) is 152 cm³/mol. The summed E-state index contributed by atoms with van der Waals surface area (Å²) in [6.07, 6.45) is 2.43. The molecule has 0 saturated heterocycles. The summed E-state index contributed by atoms with van der Waals surface area (Å²) >= 11 is 9.83. The smallest absolute Gasteiger partial charge is 0.245 e. The SMILES string of the molecule is CC(=O)[C@@H](CC(=O)C1=C[C@@H](C(C)(C)C)N(S(=O)(=O)c2ccccc2Cl)[C@H]1c1ccc(Br)cc1)CC(C)C. The lowest BCUT2D eigenvalue weighted by Crippen LogP contribution is -2.45. The first kappa shape index (κ1) is 29.8. The number of Topliss-reactive ketones (excluding diaryl/α,β-unsaturated/α-hetero) is 2. The fraction of sp³-hybridized carbons (Fsp3) is 0.448. The van der Waals surface area contributed by atoms with Gasteiger partial charge in [0.2, 0.25) is 10.0 Å². The molecule has 2 aromatic carbocycles. The van der Waals surface area contributed by atoms with Gasteiger partial charge in [-0.25, -0.2) is 8.42 Å². The van der Waals surface area contributed by atoms with Gasteiger partial charge in [-0.05, 0) is 54.5 Å². The highest BCUT2D eigenvalue weighted by molar-refractivity contribution is 9.10. The molecule has 0 spiro atoms. The van der Waals surface area contributed by atoms with Gasteiger partial charge in [0.15, 0.2) is 5.78 Å². The van der Waals surface area contributed by atoms with Crippen molar-refractivity contribution in [1.82, 2.24) is 4.31 Å². The lowest BCUT2D eigenvalue weighted by molar-refractivity contribution is -0.125. The van der Waals surface area contributed by atoms with Crippen LogP contribution in [0.5, 0.6) is 0 Å². The summed E-state index contributed by atoms with van der Waals surface area (Å²) in [6, 6.07) is 12.2. The van der Waals surface area contributed by atoms with Crippen LogP contribution >= 0.6 is 27.5 Å². The Morgan fingerprint density at radius 3 is 2.16 bits per heavy atom.